The Balaban J connectivity index is 1.86. The van der Waals surface area contributed by atoms with Crippen molar-refractivity contribution in [3.63, 3.8) is 0 Å². The van der Waals surface area contributed by atoms with Gasteiger partial charge in [-0.2, -0.15) is 0 Å². The van der Waals surface area contributed by atoms with Crippen LogP contribution in [0.25, 0.3) is 22.1 Å². The Morgan fingerprint density at radius 3 is 2.45 bits per heavy atom. The summed E-state index contributed by atoms with van der Waals surface area (Å²) in [7, 11) is 1.58. The van der Waals surface area contributed by atoms with Gasteiger partial charge in [0.15, 0.2) is 6.61 Å². The van der Waals surface area contributed by atoms with Crippen LogP contribution in [0.5, 0.6) is 11.5 Å². The molecule has 1 N–H and O–H groups in total. The van der Waals surface area contributed by atoms with E-state index in [2.05, 4.69) is 5.32 Å². The zero-order valence-electron chi connectivity index (χ0n) is 19.0. The predicted octanol–water partition coefficient (Wildman–Crippen LogP) is 2.44. The molecule has 1 heterocycles. The van der Waals surface area contributed by atoms with Crippen LogP contribution in [0, 0.1) is 12.8 Å². The number of ether oxygens (including phenoxy) is 2. The molecule has 0 spiro atoms. The average molecular weight is 452 g/mol. The lowest BCUT2D eigenvalue weighted by Crippen LogP contribution is -2.52. The molecule has 3 aromatic rings. The lowest BCUT2D eigenvalue weighted by atomic mass is 9.99. The SMILES string of the molecule is CC[C@@H](C)[C@H](NC(=O)COc1ccc2c(-c3ccc(OC)cc3)cc(=O)oc2c1C)C(=O)[O-]. The molecule has 33 heavy (non-hydrogen) atoms. The first-order chi connectivity index (χ1) is 15.7. The molecule has 0 aliphatic rings. The summed E-state index contributed by atoms with van der Waals surface area (Å²) in [6.45, 7) is 4.88. The number of fused-ring (bicyclic) bond motifs is 1. The standard InChI is InChI=1S/C25H27NO7/c1-5-14(2)23(25(29)30)26-21(27)13-32-20-11-10-18-19(12-22(28)33-24(18)15(20)3)16-6-8-17(31-4)9-7-16/h6-12,14,23H,5,13H2,1-4H3,(H,26,27)(H,29,30)/p-1/t14-,23+/m1/s1. The molecule has 8 heteroatoms. The lowest BCUT2D eigenvalue weighted by Gasteiger charge is -2.25. The van der Waals surface area contributed by atoms with E-state index in [4.69, 9.17) is 13.9 Å². The van der Waals surface area contributed by atoms with E-state index in [-0.39, 0.29) is 5.92 Å². The first-order valence-electron chi connectivity index (χ1n) is 10.6. The highest BCUT2D eigenvalue weighted by Gasteiger charge is 2.20. The summed E-state index contributed by atoms with van der Waals surface area (Å²) in [5.74, 6) is -1.16. The predicted molar refractivity (Wildman–Crippen MR) is 121 cm³/mol. The van der Waals surface area contributed by atoms with Crippen molar-refractivity contribution in [2.24, 2.45) is 5.92 Å². The van der Waals surface area contributed by atoms with E-state index in [1.807, 2.05) is 19.1 Å². The highest BCUT2D eigenvalue weighted by Crippen LogP contribution is 2.33. The van der Waals surface area contributed by atoms with Crippen LogP contribution in [0.3, 0.4) is 0 Å². The summed E-state index contributed by atoms with van der Waals surface area (Å²) in [5, 5.41) is 14.5. The minimum atomic E-state index is -1.34. The van der Waals surface area contributed by atoms with Crippen LogP contribution in [-0.4, -0.2) is 31.6 Å². The van der Waals surface area contributed by atoms with Gasteiger partial charge < -0.3 is 29.1 Å². The summed E-state index contributed by atoms with van der Waals surface area (Å²) in [4.78, 5) is 35.8. The smallest absolute Gasteiger partial charge is 0.336 e. The number of amides is 1. The van der Waals surface area contributed by atoms with Crippen molar-refractivity contribution in [2.45, 2.75) is 33.2 Å². The maximum Gasteiger partial charge on any atom is 0.336 e. The molecule has 0 bridgehead atoms. The Morgan fingerprint density at radius 1 is 1.15 bits per heavy atom. The number of hydrogen-bond donors (Lipinski definition) is 1. The number of benzene rings is 2. The van der Waals surface area contributed by atoms with Crippen molar-refractivity contribution < 1.29 is 28.6 Å². The Morgan fingerprint density at radius 2 is 1.85 bits per heavy atom. The van der Waals surface area contributed by atoms with Gasteiger partial charge in [-0.25, -0.2) is 4.79 Å². The zero-order chi connectivity index (χ0) is 24.1. The van der Waals surface area contributed by atoms with Crippen molar-refractivity contribution in [2.75, 3.05) is 13.7 Å². The highest BCUT2D eigenvalue weighted by atomic mass is 16.5. The molecular formula is C25H26NO7-. The van der Waals surface area contributed by atoms with E-state index in [1.54, 1.807) is 45.2 Å². The van der Waals surface area contributed by atoms with Gasteiger partial charge in [-0.15, -0.1) is 0 Å². The van der Waals surface area contributed by atoms with Crippen molar-refractivity contribution in [3.8, 4) is 22.6 Å². The second kappa shape index (κ2) is 10.2. The Labute approximate surface area is 191 Å². The number of rotatable bonds is 9. The molecule has 0 radical (unpaired) electrons. The molecule has 1 amide bonds. The van der Waals surface area contributed by atoms with E-state index >= 15 is 0 Å². The number of hydrogen-bond acceptors (Lipinski definition) is 7. The number of carboxylic acids is 1. The lowest BCUT2D eigenvalue weighted by molar-refractivity contribution is -0.309. The monoisotopic (exact) mass is 452 g/mol. The van der Waals surface area contributed by atoms with E-state index in [0.29, 0.717) is 40.0 Å². The van der Waals surface area contributed by atoms with E-state index in [0.717, 1.165) is 5.56 Å². The summed E-state index contributed by atoms with van der Waals surface area (Å²) in [5.41, 5.74) is 1.89. The molecule has 1 aromatic heterocycles. The fraction of sp³-hybridized carbons (Fsp3) is 0.320. The quantitative estimate of drug-likeness (QED) is 0.496. The number of nitrogens with one attached hydrogen (secondary N) is 1. The summed E-state index contributed by atoms with van der Waals surface area (Å²) in [6, 6.07) is 11.1. The van der Waals surface area contributed by atoms with Crippen LogP contribution in [0.1, 0.15) is 25.8 Å². The van der Waals surface area contributed by atoms with Gasteiger partial charge in [-0.3, -0.25) is 4.79 Å². The molecule has 0 unspecified atom stereocenters. The maximum absolute atomic E-state index is 12.3. The number of carbonyl (C=O) groups is 2. The summed E-state index contributed by atoms with van der Waals surface area (Å²) >= 11 is 0. The molecule has 8 nitrogen and oxygen atoms in total. The van der Waals surface area contributed by atoms with Gasteiger partial charge in [0.2, 0.25) is 0 Å². The number of aliphatic carboxylic acids is 1. The number of aryl methyl sites for hydroxylation is 1. The molecule has 2 aromatic carbocycles. The van der Waals surface area contributed by atoms with Gasteiger partial charge in [-0.1, -0.05) is 32.4 Å². The second-order valence-electron chi connectivity index (χ2n) is 7.81. The minimum absolute atomic E-state index is 0.285. The van der Waals surface area contributed by atoms with Gasteiger partial charge in [0.1, 0.15) is 17.1 Å². The Kier molecular flexibility index (Phi) is 7.37. The number of carboxylic acid groups (broad SMARTS) is 1. The largest absolute Gasteiger partial charge is 0.548 e. The fourth-order valence-electron chi connectivity index (χ4n) is 3.54. The van der Waals surface area contributed by atoms with E-state index < -0.39 is 30.2 Å². The molecule has 0 fully saturated rings. The summed E-state index contributed by atoms with van der Waals surface area (Å²) in [6.07, 6.45) is 0.569. The highest BCUT2D eigenvalue weighted by molar-refractivity contribution is 5.95. The van der Waals surface area contributed by atoms with Crippen molar-refractivity contribution in [3.05, 3.63) is 58.4 Å². The molecule has 0 saturated heterocycles. The maximum atomic E-state index is 12.3. The second-order valence-corrected chi connectivity index (χ2v) is 7.81. The van der Waals surface area contributed by atoms with Gasteiger partial charge in [0.25, 0.3) is 5.91 Å². The van der Waals surface area contributed by atoms with Crippen LogP contribution in [-0.2, 0) is 9.59 Å². The normalized spacial score (nSPS) is 12.7. The third kappa shape index (κ3) is 5.34. The third-order valence-corrected chi connectivity index (χ3v) is 5.65. The first kappa shape index (κ1) is 23.8. The van der Waals surface area contributed by atoms with Gasteiger partial charge in [0.05, 0.1) is 19.1 Å². The minimum Gasteiger partial charge on any atom is -0.548 e. The van der Waals surface area contributed by atoms with Crippen molar-refractivity contribution in [1.29, 1.82) is 0 Å². The van der Waals surface area contributed by atoms with Crippen LogP contribution >= 0.6 is 0 Å². The molecule has 0 aliphatic carbocycles. The molecule has 0 saturated carbocycles. The topological polar surface area (TPSA) is 118 Å². The number of carbonyl (C=O) groups excluding carboxylic acids is 2. The van der Waals surface area contributed by atoms with Gasteiger partial charge in [0, 0.05) is 17.0 Å². The van der Waals surface area contributed by atoms with Crippen LogP contribution in [0.2, 0.25) is 0 Å². The van der Waals surface area contributed by atoms with E-state index in [1.165, 1.54) is 6.07 Å². The van der Waals surface area contributed by atoms with E-state index in [9.17, 15) is 19.5 Å². The Bertz CT molecular complexity index is 1210. The average Bonchev–Trinajstić information content (AvgIpc) is 2.81. The zero-order valence-corrected chi connectivity index (χ0v) is 19.0. The van der Waals surface area contributed by atoms with Crippen LogP contribution < -0.4 is 25.5 Å². The third-order valence-electron chi connectivity index (χ3n) is 5.65. The number of methoxy groups -OCH3 is 1. The first-order valence-corrected chi connectivity index (χ1v) is 10.6. The molecule has 2 atom stereocenters. The fourth-order valence-corrected chi connectivity index (χ4v) is 3.54. The van der Waals surface area contributed by atoms with Crippen LogP contribution in [0.15, 0.2) is 51.7 Å². The van der Waals surface area contributed by atoms with Gasteiger partial charge in [-0.05, 0) is 48.2 Å². The van der Waals surface area contributed by atoms with Crippen molar-refractivity contribution in [1.82, 2.24) is 5.32 Å². The molecular weight excluding hydrogens is 426 g/mol. The van der Waals surface area contributed by atoms with Crippen LogP contribution in [0.4, 0.5) is 0 Å². The molecule has 3 rings (SSSR count). The van der Waals surface area contributed by atoms with Gasteiger partial charge >= 0.3 is 5.63 Å². The Hall–Kier alpha value is -3.81. The summed E-state index contributed by atoms with van der Waals surface area (Å²) < 4.78 is 16.2. The van der Waals surface area contributed by atoms with Crippen molar-refractivity contribution >= 4 is 22.8 Å². The molecule has 174 valence electrons. The molecule has 0 aliphatic heterocycles.